The van der Waals surface area contributed by atoms with Crippen LogP contribution in [0.25, 0.3) is 22.5 Å². The molecule has 0 saturated heterocycles. The van der Waals surface area contributed by atoms with Crippen molar-refractivity contribution >= 4 is 11.6 Å². The molecule has 0 aliphatic heterocycles. The van der Waals surface area contributed by atoms with Gasteiger partial charge in [0.15, 0.2) is 23.3 Å². The molecule has 0 bridgehead atoms. The molecule has 3 rings (SSSR count). The molecule has 0 N–H and O–H groups in total. The fraction of sp³-hybridized carbons (Fsp3) is 0. The van der Waals surface area contributed by atoms with Gasteiger partial charge in [-0.2, -0.15) is 0 Å². The van der Waals surface area contributed by atoms with Crippen LogP contribution in [0.2, 0.25) is 5.02 Å². The van der Waals surface area contributed by atoms with Gasteiger partial charge in [0.25, 0.3) is 0 Å². The fourth-order valence-corrected chi connectivity index (χ4v) is 2.38. The Morgan fingerprint density at radius 3 is 1.91 bits per heavy atom. The molecule has 0 aliphatic rings. The van der Waals surface area contributed by atoms with Gasteiger partial charge in [0.1, 0.15) is 0 Å². The van der Waals surface area contributed by atoms with Crippen LogP contribution in [-0.4, -0.2) is 4.98 Å². The van der Waals surface area contributed by atoms with Gasteiger partial charge in [-0.05, 0) is 36.4 Å². The number of aromatic nitrogens is 1. The third-order valence-corrected chi connectivity index (χ3v) is 3.59. The maximum atomic E-state index is 13.9. The minimum absolute atomic E-state index is 0.0511. The quantitative estimate of drug-likeness (QED) is 0.553. The van der Waals surface area contributed by atoms with Gasteiger partial charge in [0.05, 0.1) is 16.4 Å². The van der Waals surface area contributed by atoms with Gasteiger partial charge in [-0.3, -0.25) is 0 Å². The summed E-state index contributed by atoms with van der Waals surface area (Å²) in [7, 11) is 0. The van der Waals surface area contributed by atoms with E-state index in [2.05, 4.69) is 4.98 Å². The summed E-state index contributed by atoms with van der Waals surface area (Å²) >= 11 is 5.99. The molecular weight excluding hydrogens is 330 g/mol. The third kappa shape index (κ3) is 2.80. The van der Waals surface area contributed by atoms with Crippen molar-refractivity contribution in [2.24, 2.45) is 0 Å². The van der Waals surface area contributed by atoms with E-state index in [1.165, 1.54) is 36.4 Å². The lowest BCUT2D eigenvalue weighted by Gasteiger charge is -2.09. The average Bonchev–Trinajstić information content (AvgIpc) is 2.54. The summed E-state index contributed by atoms with van der Waals surface area (Å²) < 4.78 is 54.5. The summed E-state index contributed by atoms with van der Waals surface area (Å²) in [5.74, 6) is -4.27. The first-order valence-electron chi connectivity index (χ1n) is 6.54. The van der Waals surface area contributed by atoms with E-state index in [4.69, 9.17) is 11.6 Å². The van der Waals surface area contributed by atoms with Gasteiger partial charge in [-0.15, -0.1) is 0 Å². The van der Waals surface area contributed by atoms with Crippen molar-refractivity contribution in [1.82, 2.24) is 4.98 Å². The van der Waals surface area contributed by atoms with Crippen LogP contribution in [0.1, 0.15) is 0 Å². The van der Waals surface area contributed by atoms with E-state index in [1.807, 2.05) is 0 Å². The molecule has 0 unspecified atom stereocenters. The fourth-order valence-electron chi connectivity index (χ4n) is 2.17. The molecule has 0 radical (unpaired) electrons. The van der Waals surface area contributed by atoms with Crippen molar-refractivity contribution in [3.8, 4) is 22.5 Å². The second-order valence-electron chi connectivity index (χ2n) is 4.73. The molecule has 1 heterocycles. The normalized spacial score (nSPS) is 10.8. The Kier molecular flexibility index (Phi) is 4.05. The molecule has 116 valence electrons. The van der Waals surface area contributed by atoms with Gasteiger partial charge in [-0.25, -0.2) is 22.5 Å². The van der Waals surface area contributed by atoms with Crippen molar-refractivity contribution in [3.05, 3.63) is 76.8 Å². The zero-order valence-electron chi connectivity index (χ0n) is 11.5. The Hall–Kier alpha value is -2.40. The molecule has 0 aliphatic carbocycles. The highest BCUT2D eigenvalue weighted by Gasteiger charge is 2.17. The molecule has 0 spiro atoms. The minimum Gasteiger partial charge on any atom is -0.246 e. The monoisotopic (exact) mass is 337 g/mol. The summed E-state index contributed by atoms with van der Waals surface area (Å²) in [6.07, 6.45) is 0. The summed E-state index contributed by atoms with van der Waals surface area (Å²) in [6.45, 7) is 0. The molecule has 2 aromatic carbocycles. The number of halogens is 5. The Morgan fingerprint density at radius 2 is 1.26 bits per heavy atom. The van der Waals surface area contributed by atoms with Crippen LogP contribution in [0.4, 0.5) is 17.6 Å². The molecule has 1 nitrogen and oxygen atoms in total. The number of benzene rings is 2. The molecular formula is C17H8ClF4N. The van der Waals surface area contributed by atoms with Crippen LogP contribution in [-0.2, 0) is 0 Å². The van der Waals surface area contributed by atoms with E-state index in [1.54, 1.807) is 0 Å². The van der Waals surface area contributed by atoms with Gasteiger partial charge in [-0.1, -0.05) is 23.7 Å². The van der Waals surface area contributed by atoms with Gasteiger partial charge in [0.2, 0.25) is 0 Å². The lowest BCUT2D eigenvalue weighted by Crippen LogP contribution is -1.96. The highest BCUT2D eigenvalue weighted by Crippen LogP contribution is 2.32. The molecule has 1 aromatic heterocycles. The Bertz CT molecular complexity index is 896. The molecule has 0 fully saturated rings. The number of hydrogen-bond donors (Lipinski definition) is 0. The maximum Gasteiger partial charge on any atom is 0.168 e. The van der Waals surface area contributed by atoms with Gasteiger partial charge < -0.3 is 0 Å². The number of hydrogen-bond acceptors (Lipinski definition) is 1. The van der Waals surface area contributed by atoms with Crippen molar-refractivity contribution in [3.63, 3.8) is 0 Å². The third-order valence-electron chi connectivity index (χ3n) is 3.28. The first kappa shape index (κ1) is 15.5. The van der Waals surface area contributed by atoms with Crippen LogP contribution in [0.5, 0.6) is 0 Å². The zero-order chi connectivity index (χ0) is 16.6. The van der Waals surface area contributed by atoms with E-state index < -0.39 is 23.3 Å². The van der Waals surface area contributed by atoms with E-state index >= 15 is 0 Å². The second-order valence-corrected chi connectivity index (χ2v) is 5.14. The van der Waals surface area contributed by atoms with Crippen LogP contribution in [0.3, 0.4) is 0 Å². The van der Waals surface area contributed by atoms with Gasteiger partial charge in [0, 0.05) is 11.1 Å². The van der Waals surface area contributed by atoms with Crippen LogP contribution >= 0.6 is 11.6 Å². The molecule has 0 amide bonds. The largest absolute Gasteiger partial charge is 0.246 e. The highest BCUT2D eigenvalue weighted by atomic mass is 35.5. The van der Waals surface area contributed by atoms with Crippen molar-refractivity contribution in [2.45, 2.75) is 0 Å². The summed E-state index contributed by atoms with van der Waals surface area (Å²) in [5.41, 5.74) is -0.247. The SMILES string of the molecule is Fc1cccc(-c2ccc(Cl)c(-c3cccc(F)c3F)n2)c1F. The van der Waals surface area contributed by atoms with E-state index in [0.29, 0.717) is 0 Å². The summed E-state index contributed by atoms with van der Waals surface area (Å²) in [4.78, 5) is 4.07. The van der Waals surface area contributed by atoms with Crippen molar-refractivity contribution in [1.29, 1.82) is 0 Å². The first-order chi connectivity index (χ1) is 11.0. The minimum atomic E-state index is -1.11. The van der Waals surface area contributed by atoms with E-state index in [0.717, 1.165) is 12.1 Å². The first-order valence-corrected chi connectivity index (χ1v) is 6.92. The second kappa shape index (κ2) is 6.01. The molecule has 6 heteroatoms. The zero-order valence-corrected chi connectivity index (χ0v) is 12.2. The lowest BCUT2D eigenvalue weighted by molar-refractivity contribution is 0.510. The molecule has 0 saturated carbocycles. The van der Waals surface area contributed by atoms with Gasteiger partial charge >= 0.3 is 0 Å². The number of pyridine rings is 1. The maximum absolute atomic E-state index is 13.9. The predicted octanol–water partition coefficient (Wildman–Crippen LogP) is 5.63. The average molecular weight is 338 g/mol. The topological polar surface area (TPSA) is 12.9 Å². The van der Waals surface area contributed by atoms with Crippen LogP contribution in [0, 0.1) is 23.3 Å². The molecule has 3 aromatic rings. The number of nitrogens with zero attached hydrogens (tertiary/aromatic N) is 1. The van der Waals surface area contributed by atoms with Crippen molar-refractivity contribution in [2.75, 3.05) is 0 Å². The van der Waals surface area contributed by atoms with Crippen LogP contribution < -0.4 is 0 Å². The summed E-state index contributed by atoms with van der Waals surface area (Å²) in [5, 5.41) is 0.0649. The van der Waals surface area contributed by atoms with E-state index in [9.17, 15) is 17.6 Å². The Balaban J connectivity index is 2.21. The number of rotatable bonds is 2. The van der Waals surface area contributed by atoms with E-state index in [-0.39, 0.29) is 27.5 Å². The van der Waals surface area contributed by atoms with Crippen molar-refractivity contribution < 1.29 is 17.6 Å². The molecule has 23 heavy (non-hydrogen) atoms. The Labute approximate surface area is 134 Å². The molecule has 0 atom stereocenters. The standard InChI is InChI=1S/C17H8ClF4N/c18-11-7-8-14(9-3-1-5-12(19)15(9)21)23-17(11)10-4-2-6-13(20)16(10)22/h1-8H. The predicted molar refractivity (Wildman–Crippen MR) is 80.0 cm³/mol. The smallest absolute Gasteiger partial charge is 0.168 e. The van der Waals surface area contributed by atoms with Crippen LogP contribution in [0.15, 0.2) is 48.5 Å². The summed E-state index contributed by atoms with van der Waals surface area (Å²) in [6, 6.07) is 9.95. The highest BCUT2D eigenvalue weighted by molar-refractivity contribution is 6.33. The lowest BCUT2D eigenvalue weighted by atomic mass is 10.1. The Morgan fingerprint density at radius 1 is 0.696 bits per heavy atom.